The van der Waals surface area contributed by atoms with Gasteiger partial charge in [0.2, 0.25) is 11.7 Å². The van der Waals surface area contributed by atoms with Gasteiger partial charge in [0.05, 0.1) is 17.9 Å². The summed E-state index contributed by atoms with van der Waals surface area (Å²) in [7, 11) is 0. The third-order valence-electron chi connectivity index (χ3n) is 3.98. The maximum atomic E-state index is 9.09. The minimum atomic E-state index is -0.0637. The highest BCUT2D eigenvalue weighted by Gasteiger charge is 2.62. The van der Waals surface area contributed by atoms with Crippen molar-refractivity contribution in [1.82, 2.24) is 10.1 Å². The van der Waals surface area contributed by atoms with Gasteiger partial charge in [-0.25, -0.2) is 0 Å². The summed E-state index contributed by atoms with van der Waals surface area (Å²) in [6.45, 7) is 6.15. The van der Waals surface area contributed by atoms with Crippen LogP contribution in [0.15, 0.2) is 28.8 Å². The molecular weight excluding hydrogens is 238 g/mol. The predicted octanol–water partition coefficient (Wildman–Crippen LogP) is 3.31. The Labute approximate surface area is 112 Å². The lowest BCUT2D eigenvalue weighted by Crippen LogP contribution is -1.90. The van der Waals surface area contributed by atoms with Gasteiger partial charge < -0.3 is 4.52 Å². The monoisotopic (exact) mass is 253 g/mol. The molecule has 1 aliphatic rings. The van der Waals surface area contributed by atoms with Gasteiger partial charge in [-0.05, 0) is 12.3 Å². The maximum Gasteiger partial charge on any atom is 0.232 e. The standard InChI is InChI=1S/C15H15N3O/c1-9-4-6-10(7-5-9)13-17-14(19-18-13)12-11(8-16)15(12,2)3/h4-7,11-12H,1-3H3. The number of aryl methyl sites for hydroxylation is 1. The lowest BCUT2D eigenvalue weighted by atomic mass is 10.1. The highest BCUT2D eigenvalue weighted by Crippen LogP contribution is 2.63. The second-order valence-electron chi connectivity index (χ2n) is 5.73. The van der Waals surface area contributed by atoms with E-state index in [1.54, 1.807) is 0 Å². The number of nitriles is 1. The molecule has 3 rings (SSSR count). The van der Waals surface area contributed by atoms with Gasteiger partial charge in [-0.3, -0.25) is 0 Å². The number of aromatic nitrogens is 2. The molecule has 96 valence electrons. The first kappa shape index (κ1) is 11.9. The van der Waals surface area contributed by atoms with Crippen LogP contribution in [-0.2, 0) is 0 Å². The van der Waals surface area contributed by atoms with E-state index in [-0.39, 0.29) is 17.3 Å². The Morgan fingerprint density at radius 2 is 1.95 bits per heavy atom. The number of rotatable bonds is 2. The summed E-state index contributed by atoms with van der Waals surface area (Å²) in [5.41, 5.74) is 2.07. The molecule has 0 saturated heterocycles. The molecule has 2 atom stereocenters. The molecule has 1 heterocycles. The minimum Gasteiger partial charge on any atom is -0.339 e. The van der Waals surface area contributed by atoms with Crippen molar-refractivity contribution in [3.05, 3.63) is 35.7 Å². The average molecular weight is 253 g/mol. The molecule has 1 aliphatic carbocycles. The van der Waals surface area contributed by atoms with E-state index in [1.165, 1.54) is 5.56 Å². The third kappa shape index (κ3) is 1.82. The molecular formula is C15H15N3O. The molecule has 19 heavy (non-hydrogen) atoms. The Kier molecular flexibility index (Phi) is 2.46. The van der Waals surface area contributed by atoms with Crippen molar-refractivity contribution in [1.29, 1.82) is 5.26 Å². The summed E-state index contributed by atoms with van der Waals surface area (Å²) in [5.74, 6) is 1.20. The van der Waals surface area contributed by atoms with Crippen LogP contribution in [0.3, 0.4) is 0 Å². The molecule has 2 aromatic rings. The van der Waals surface area contributed by atoms with Crippen LogP contribution < -0.4 is 0 Å². The van der Waals surface area contributed by atoms with Gasteiger partial charge in [0.15, 0.2) is 0 Å². The zero-order valence-corrected chi connectivity index (χ0v) is 11.2. The van der Waals surface area contributed by atoms with Crippen molar-refractivity contribution in [2.24, 2.45) is 11.3 Å². The van der Waals surface area contributed by atoms with Gasteiger partial charge in [0, 0.05) is 5.56 Å². The molecule has 0 spiro atoms. The second-order valence-corrected chi connectivity index (χ2v) is 5.73. The minimum absolute atomic E-state index is 0.0289. The lowest BCUT2D eigenvalue weighted by molar-refractivity contribution is 0.368. The van der Waals surface area contributed by atoms with E-state index in [9.17, 15) is 0 Å². The van der Waals surface area contributed by atoms with Crippen LogP contribution >= 0.6 is 0 Å². The molecule has 4 heteroatoms. The van der Waals surface area contributed by atoms with Gasteiger partial charge in [0.1, 0.15) is 0 Å². The normalized spacial score (nSPS) is 23.9. The van der Waals surface area contributed by atoms with Gasteiger partial charge in [-0.2, -0.15) is 10.2 Å². The Hall–Kier alpha value is -2.15. The molecule has 0 amide bonds. The van der Waals surface area contributed by atoms with E-state index in [0.29, 0.717) is 11.7 Å². The summed E-state index contributed by atoms with van der Waals surface area (Å²) in [6.07, 6.45) is 0. The Balaban J connectivity index is 1.89. The van der Waals surface area contributed by atoms with E-state index >= 15 is 0 Å². The Morgan fingerprint density at radius 1 is 1.26 bits per heavy atom. The molecule has 1 fully saturated rings. The van der Waals surface area contributed by atoms with E-state index in [2.05, 4.69) is 30.1 Å². The molecule has 1 aromatic carbocycles. The van der Waals surface area contributed by atoms with Gasteiger partial charge in [-0.15, -0.1) is 0 Å². The molecule has 1 saturated carbocycles. The highest BCUT2D eigenvalue weighted by atomic mass is 16.5. The molecule has 0 radical (unpaired) electrons. The van der Waals surface area contributed by atoms with E-state index in [0.717, 1.165) is 5.56 Å². The van der Waals surface area contributed by atoms with Gasteiger partial charge in [-0.1, -0.05) is 48.8 Å². The SMILES string of the molecule is Cc1ccc(-c2noc(C3C(C#N)C3(C)C)n2)cc1. The van der Waals surface area contributed by atoms with Crippen LogP contribution in [-0.4, -0.2) is 10.1 Å². The Morgan fingerprint density at radius 3 is 2.53 bits per heavy atom. The highest BCUT2D eigenvalue weighted by molar-refractivity contribution is 5.54. The summed E-state index contributed by atoms with van der Waals surface area (Å²) >= 11 is 0. The quantitative estimate of drug-likeness (QED) is 0.823. The van der Waals surface area contributed by atoms with Crippen LogP contribution in [0.5, 0.6) is 0 Å². The molecule has 1 aromatic heterocycles. The maximum absolute atomic E-state index is 9.09. The van der Waals surface area contributed by atoms with E-state index in [1.807, 2.05) is 31.2 Å². The summed E-state index contributed by atoms with van der Waals surface area (Å²) in [6, 6.07) is 10.3. The summed E-state index contributed by atoms with van der Waals surface area (Å²) < 4.78 is 5.33. The predicted molar refractivity (Wildman–Crippen MR) is 70.1 cm³/mol. The molecule has 4 nitrogen and oxygen atoms in total. The summed E-state index contributed by atoms with van der Waals surface area (Å²) in [5, 5.41) is 13.1. The first-order valence-electron chi connectivity index (χ1n) is 6.34. The van der Waals surface area contributed by atoms with Crippen molar-refractivity contribution >= 4 is 0 Å². The fourth-order valence-electron chi connectivity index (χ4n) is 2.52. The van der Waals surface area contributed by atoms with Crippen molar-refractivity contribution in [2.75, 3.05) is 0 Å². The first-order valence-corrected chi connectivity index (χ1v) is 6.34. The zero-order valence-electron chi connectivity index (χ0n) is 11.2. The first-order chi connectivity index (χ1) is 9.04. The van der Waals surface area contributed by atoms with Crippen molar-refractivity contribution in [2.45, 2.75) is 26.7 Å². The fourth-order valence-corrected chi connectivity index (χ4v) is 2.52. The second kappa shape index (κ2) is 3.92. The van der Waals surface area contributed by atoms with Crippen molar-refractivity contribution < 1.29 is 4.52 Å². The third-order valence-corrected chi connectivity index (χ3v) is 3.98. The lowest BCUT2D eigenvalue weighted by Gasteiger charge is -1.96. The topological polar surface area (TPSA) is 62.7 Å². The Bertz CT molecular complexity index is 649. The van der Waals surface area contributed by atoms with E-state index < -0.39 is 0 Å². The van der Waals surface area contributed by atoms with Crippen LogP contribution in [0.2, 0.25) is 0 Å². The number of hydrogen-bond donors (Lipinski definition) is 0. The summed E-state index contributed by atoms with van der Waals surface area (Å²) in [4.78, 5) is 4.44. The van der Waals surface area contributed by atoms with Crippen LogP contribution in [0.1, 0.15) is 31.2 Å². The fraction of sp³-hybridized carbons (Fsp3) is 0.400. The number of nitrogens with zero attached hydrogens (tertiary/aromatic N) is 3. The average Bonchev–Trinajstić information content (AvgIpc) is 2.76. The van der Waals surface area contributed by atoms with Crippen LogP contribution in [0.4, 0.5) is 0 Å². The molecule has 0 bridgehead atoms. The number of benzene rings is 1. The van der Waals surface area contributed by atoms with Crippen LogP contribution in [0.25, 0.3) is 11.4 Å². The number of hydrogen-bond acceptors (Lipinski definition) is 4. The van der Waals surface area contributed by atoms with Gasteiger partial charge in [0.25, 0.3) is 0 Å². The molecule has 0 aliphatic heterocycles. The largest absolute Gasteiger partial charge is 0.339 e. The zero-order chi connectivity index (χ0) is 13.6. The smallest absolute Gasteiger partial charge is 0.232 e. The van der Waals surface area contributed by atoms with Crippen molar-refractivity contribution in [3.8, 4) is 17.5 Å². The van der Waals surface area contributed by atoms with E-state index in [4.69, 9.17) is 9.78 Å². The molecule has 0 N–H and O–H groups in total. The van der Waals surface area contributed by atoms with Crippen molar-refractivity contribution in [3.63, 3.8) is 0 Å². The molecule has 2 unspecified atom stereocenters. The van der Waals surface area contributed by atoms with Crippen LogP contribution in [0, 0.1) is 29.6 Å². The van der Waals surface area contributed by atoms with Gasteiger partial charge >= 0.3 is 0 Å².